The van der Waals surface area contributed by atoms with E-state index in [0.717, 1.165) is 6.07 Å². The molecule has 0 unspecified atom stereocenters. The summed E-state index contributed by atoms with van der Waals surface area (Å²) in [4.78, 5) is 43.9. The van der Waals surface area contributed by atoms with Crippen molar-refractivity contribution in [1.29, 1.82) is 0 Å². The van der Waals surface area contributed by atoms with Crippen LogP contribution in [-0.2, 0) is 9.59 Å². The number of carbonyl (C=O) groups is 3. The number of alkyl halides is 3. The molecular formula is C26H26ClF4N5O3. The van der Waals surface area contributed by atoms with Crippen LogP contribution in [0.15, 0.2) is 49.1 Å². The van der Waals surface area contributed by atoms with Crippen LogP contribution in [0.1, 0.15) is 42.1 Å². The molecule has 2 aromatic heterocycles. The number of imidazole rings is 1. The van der Waals surface area contributed by atoms with Crippen LogP contribution in [0.25, 0.3) is 5.52 Å². The summed E-state index contributed by atoms with van der Waals surface area (Å²) in [5, 5.41) is 4.60. The standard InChI is InChI=1S/C26H26ClF4N5O3/c1-14(2)22(34-25(39)26(29,30)31)23(37)33-20-12-35(7-5-18(20)15-8-16(27)10-17(28)9-15)24(38)19-4-3-6-36-13-32-11-21(19)36/h3-4,6,8-11,13-14,18,20,22H,5,7,12H2,1-2H3,(H,33,37)(H,34,39)/t18-,20+,22+/m0/s1. The quantitative estimate of drug-likeness (QED) is 0.441. The molecule has 3 amide bonds. The van der Waals surface area contributed by atoms with Crippen molar-refractivity contribution in [2.24, 2.45) is 5.92 Å². The van der Waals surface area contributed by atoms with Crippen molar-refractivity contribution >= 4 is 34.8 Å². The van der Waals surface area contributed by atoms with Gasteiger partial charge in [0, 0.05) is 30.2 Å². The summed E-state index contributed by atoms with van der Waals surface area (Å²) in [6.45, 7) is 3.23. The molecule has 1 saturated heterocycles. The molecule has 3 aromatic rings. The molecule has 1 fully saturated rings. The Hall–Kier alpha value is -3.67. The second kappa shape index (κ2) is 11.2. The summed E-state index contributed by atoms with van der Waals surface area (Å²) < 4.78 is 54.6. The number of fused-ring (bicyclic) bond motifs is 1. The Morgan fingerprint density at radius 3 is 2.59 bits per heavy atom. The van der Waals surface area contributed by atoms with E-state index < -0.39 is 47.7 Å². The molecule has 2 N–H and O–H groups in total. The van der Waals surface area contributed by atoms with E-state index in [4.69, 9.17) is 11.6 Å². The number of nitrogens with zero attached hydrogens (tertiary/aromatic N) is 3. The molecule has 8 nitrogen and oxygen atoms in total. The highest BCUT2D eigenvalue weighted by molar-refractivity contribution is 6.30. The third kappa shape index (κ3) is 6.32. The van der Waals surface area contributed by atoms with Gasteiger partial charge in [0.1, 0.15) is 11.9 Å². The average molecular weight is 568 g/mol. The second-order valence-corrected chi connectivity index (χ2v) is 10.2. The van der Waals surface area contributed by atoms with Gasteiger partial charge in [0.05, 0.1) is 29.6 Å². The topological polar surface area (TPSA) is 95.8 Å². The van der Waals surface area contributed by atoms with E-state index in [0.29, 0.717) is 23.1 Å². The normalized spacial score (nSPS) is 18.7. The van der Waals surface area contributed by atoms with Gasteiger partial charge in [-0.1, -0.05) is 25.4 Å². The Labute approximate surface area is 226 Å². The number of amides is 3. The first-order valence-corrected chi connectivity index (χ1v) is 12.6. The van der Waals surface area contributed by atoms with Gasteiger partial charge in [0.15, 0.2) is 0 Å². The van der Waals surface area contributed by atoms with E-state index >= 15 is 0 Å². The fourth-order valence-corrected chi connectivity index (χ4v) is 5.03. The molecule has 0 saturated carbocycles. The van der Waals surface area contributed by atoms with Crippen molar-refractivity contribution < 1.29 is 31.9 Å². The summed E-state index contributed by atoms with van der Waals surface area (Å²) in [6, 6.07) is 4.97. The monoisotopic (exact) mass is 567 g/mol. The number of piperidine rings is 1. The fraction of sp³-hybridized carbons (Fsp3) is 0.385. The largest absolute Gasteiger partial charge is 0.471 e. The van der Waals surface area contributed by atoms with Gasteiger partial charge in [-0.3, -0.25) is 14.4 Å². The number of hydrogen-bond acceptors (Lipinski definition) is 4. The Morgan fingerprint density at radius 1 is 1.18 bits per heavy atom. The number of halogens is 5. The van der Waals surface area contributed by atoms with E-state index in [-0.39, 0.29) is 24.0 Å². The van der Waals surface area contributed by atoms with Crippen LogP contribution < -0.4 is 10.6 Å². The fourth-order valence-electron chi connectivity index (χ4n) is 4.80. The van der Waals surface area contributed by atoms with Crippen LogP contribution in [0.5, 0.6) is 0 Å². The predicted octanol–water partition coefficient (Wildman–Crippen LogP) is 3.94. The smallest absolute Gasteiger partial charge is 0.349 e. The molecule has 39 heavy (non-hydrogen) atoms. The van der Waals surface area contributed by atoms with Crippen molar-refractivity contribution in [3.63, 3.8) is 0 Å². The molecule has 1 aliphatic heterocycles. The Morgan fingerprint density at radius 2 is 1.92 bits per heavy atom. The van der Waals surface area contributed by atoms with Gasteiger partial charge in [-0.05, 0) is 48.2 Å². The minimum atomic E-state index is -5.17. The first kappa shape index (κ1) is 28.3. The number of pyridine rings is 1. The lowest BCUT2D eigenvalue weighted by molar-refractivity contribution is -0.175. The third-order valence-electron chi connectivity index (χ3n) is 6.72. The summed E-state index contributed by atoms with van der Waals surface area (Å²) in [6.07, 6.45) is -0.0264. The van der Waals surface area contributed by atoms with Crippen molar-refractivity contribution in [2.75, 3.05) is 13.1 Å². The van der Waals surface area contributed by atoms with Gasteiger partial charge in [0.2, 0.25) is 5.91 Å². The molecule has 13 heteroatoms. The maximum absolute atomic E-state index is 14.2. The summed E-state index contributed by atoms with van der Waals surface area (Å²) in [5.41, 5.74) is 1.43. The minimum absolute atomic E-state index is 0.0173. The number of nitrogens with one attached hydrogen (secondary N) is 2. The van der Waals surface area contributed by atoms with Crippen LogP contribution in [0.4, 0.5) is 17.6 Å². The second-order valence-electron chi connectivity index (χ2n) is 9.77. The van der Waals surface area contributed by atoms with Crippen LogP contribution in [0.3, 0.4) is 0 Å². The van der Waals surface area contributed by atoms with Crippen LogP contribution in [-0.4, -0.2) is 63.4 Å². The van der Waals surface area contributed by atoms with E-state index in [9.17, 15) is 31.9 Å². The van der Waals surface area contributed by atoms with Crippen molar-refractivity contribution in [1.82, 2.24) is 24.9 Å². The number of carbonyl (C=O) groups excluding carboxylic acids is 3. The molecule has 1 aromatic carbocycles. The van der Waals surface area contributed by atoms with Crippen molar-refractivity contribution in [3.8, 4) is 0 Å². The molecule has 4 rings (SSSR count). The number of aromatic nitrogens is 2. The molecule has 3 atom stereocenters. The molecule has 0 bridgehead atoms. The lowest BCUT2D eigenvalue weighted by atomic mass is 9.84. The maximum atomic E-state index is 14.2. The summed E-state index contributed by atoms with van der Waals surface area (Å²) in [5.74, 6) is -5.21. The molecule has 0 aliphatic carbocycles. The molecule has 1 aliphatic rings. The van der Waals surface area contributed by atoms with Gasteiger partial charge >= 0.3 is 12.1 Å². The number of likely N-dealkylation sites (tertiary alicyclic amines) is 1. The molecule has 0 radical (unpaired) electrons. The zero-order valence-electron chi connectivity index (χ0n) is 21.0. The van der Waals surface area contributed by atoms with E-state index in [2.05, 4.69) is 10.3 Å². The number of rotatable bonds is 6. The van der Waals surface area contributed by atoms with Gasteiger partial charge in [0.25, 0.3) is 5.91 Å². The highest BCUT2D eigenvalue weighted by Gasteiger charge is 2.42. The zero-order valence-corrected chi connectivity index (χ0v) is 21.8. The summed E-state index contributed by atoms with van der Waals surface area (Å²) >= 11 is 6.06. The SMILES string of the molecule is CC(C)[C@@H](NC(=O)C(F)(F)F)C(=O)N[C@@H]1CN(C(=O)c2cccn3cncc23)CC[C@H]1c1cc(F)cc(Cl)c1. The van der Waals surface area contributed by atoms with Gasteiger partial charge in [-0.15, -0.1) is 0 Å². The molecule has 0 spiro atoms. The number of benzene rings is 1. The lowest BCUT2D eigenvalue weighted by Gasteiger charge is -2.40. The molecule has 208 valence electrons. The Kier molecular flexibility index (Phi) is 8.15. The number of hydrogen-bond donors (Lipinski definition) is 2. The first-order valence-electron chi connectivity index (χ1n) is 12.2. The van der Waals surface area contributed by atoms with Crippen LogP contribution in [0.2, 0.25) is 5.02 Å². The third-order valence-corrected chi connectivity index (χ3v) is 6.93. The highest BCUT2D eigenvalue weighted by Crippen LogP contribution is 2.32. The van der Waals surface area contributed by atoms with Gasteiger partial charge in [-0.25, -0.2) is 9.37 Å². The van der Waals surface area contributed by atoms with Gasteiger partial charge in [-0.2, -0.15) is 13.2 Å². The van der Waals surface area contributed by atoms with E-state index in [1.807, 2.05) is 0 Å². The van der Waals surface area contributed by atoms with Crippen molar-refractivity contribution in [2.45, 2.75) is 44.4 Å². The van der Waals surface area contributed by atoms with Gasteiger partial charge < -0.3 is 19.9 Å². The van der Waals surface area contributed by atoms with E-state index in [1.165, 1.54) is 24.8 Å². The summed E-state index contributed by atoms with van der Waals surface area (Å²) in [7, 11) is 0. The van der Waals surface area contributed by atoms with Crippen molar-refractivity contribution in [3.05, 3.63) is 71.0 Å². The van der Waals surface area contributed by atoms with E-state index in [1.54, 1.807) is 46.6 Å². The van der Waals surface area contributed by atoms with Crippen LogP contribution in [0, 0.1) is 11.7 Å². The molecular weight excluding hydrogens is 542 g/mol. The van der Waals surface area contributed by atoms with Crippen LogP contribution >= 0.6 is 11.6 Å². The first-order chi connectivity index (χ1) is 18.3. The maximum Gasteiger partial charge on any atom is 0.471 e. The predicted molar refractivity (Wildman–Crippen MR) is 135 cm³/mol. The highest BCUT2D eigenvalue weighted by atomic mass is 35.5. The molecule has 3 heterocycles. The average Bonchev–Trinajstić information content (AvgIpc) is 3.34. The Bertz CT molecular complexity index is 1370. The zero-order chi connectivity index (χ0) is 28.5. The lowest BCUT2D eigenvalue weighted by Crippen LogP contribution is -2.59. The minimum Gasteiger partial charge on any atom is -0.349 e. The Balaban J connectivity index is 1.63.